The van der Waals surface area contributed by atoms with Gasteiger partial charge in [0.05, 0.1) is 16.1 Å². The molecule has 0 N–H and O–H groups in total. The van der Waals surface area contributed by atoms with E-state index in [1.54, 1.807) is 18.5 Å². The van der Waals surface area contributed by atoms with E-state index in [4.69, 9.17) is 27.6 Å². The summed E-state index contributed by atoms with van der Waals surface area (Å²) >= 11 is 12.8. The van der Waals surface area contributed by atoms with Gasteiger partial charge >= 0.3 is 0 Å². The van der Waals surface area contributed by atoms with Crippen LogP contribution in [0.5, 0.6) is 0 Å². The molecule has 1 heterocycles. The number of hydrogen-bond acceptors (Lipinski definition) is 2. The van der Waals surface area contributed by atoms with Crippen LogP contribution >= 0.6 is 23.2 Å². The largest absolute Gasteiger partial charge is 0.410 e. The molecule has 28 heavy (non-hydrogen) atoms. The van der Waals surface area contributed by atoms with Crippen molar-refractivity contribution in [1.29, 1.82) is 0 Å². The number of halogens is 4. The summed E-state index contributed by atoms with van der Waals surface area (Å²) < 4.78 is 34.1. The summed E-state index contributed by atoms with van der Waals surface area (Å²) in [5, 5.41) is 0.946. The Morgan fingerprint density at radius 3 is 2.21 bits per heavy atom. The van der Waals surface area contributed by atoms with Gasteiger partial charge in [-0.2, -0.15) is 0 Å². The van der Waals surface area contributed by atoms with Crippen molar-refractivity contribution in [3.63, 3.8) is 0 Å². The minimum Gasteiger partial charge on any atom is -0.410 e. The van der Waals surface area contributed by atoms with Crippen molar-refractivity contribution in [2.45, 2.75) is 64.3 Å². The van der Waals surface area contributed by atoms with Crippen molar-refractivity contribution in [2.24, 2.45) is 0 Å². The zero-order valence-electron chi connectivity index (χ0n) is 16.6. The van der Waals surface area contributed by atoms with Crippen LogP contribution in [0.4, 0.5) is 8.78 Å². The van der Waals surface area contributed by atoms with Crippen molar-refractivity contribution in [1.82, 2.24) is 4.98 Å². The first kappa shape index (κ1) is 23.3. The van der Waals surface area contributed by atoms with E-state index >= 15 is 0 Å². The highest BCUT2D eigenvalue weighted by Crippen LogP contribution is 2.39. The third kappa shape index (κ3) is 5.53. The highest BCUT2D eigenvalue weighted by molar-refractivity contribution is 6.73. The van der Waals surface area contributed by atoms with Gasteiger partial charge in [0.15, 0.2) is 20.0 Å². The minimum absolute atomic E-state index is 0.286. The lowest BCUT2D eigenvalue weighted by Crippen LogP contribution is -2.37. The third-order valence-electron chi connectivity index (χ3n) is 5.48. The zero-order chi connectivity index (χ0) is 20.7. The van der Waals surface area contributed by atoms with Crippen LogP contribution < -0.4 is 0 Å². The SMILES string of the molecule is CC[Si](CC)(CC)OC(CCCc1cccc(F)c1F)c1c(Cl)cncc1Cl. The molecule has 2 aromatic rings. The van der Waals surface area contributed by atoms with Gasteiger partial charge in [-0.25, -0.2) is 8.78 Å². The van der Waals surface area contributed by atoms with Crippen LogP contribution in [0.25, 0.3) is 0 Å². The van der Waals surface area contributed by atoms with E-state index in [9.17, 15) is 8.78 Å². The zero-order valence-corrected chi connectivity index (χ0v) is 19.1. The summed E-state index contributed by atoms with van der Waals surface area (Å²) in [6.07, 6.45) is 4.51. The molecule has 2 nitrogen and oxygen atoms in total. The number of hydrogen-bond donors (Lipinski definition) is 0. The van der Waals surface area contributed by atoms with Crippen LogP contribution in [-0.4, -0.2) is 13.3 Å². The fourth-order valence-electron chi connectivity index (χ4n) is 3.51. The maximum absolute atomic E-state index is 14.0. The summed E-state index contributed by atoms with van der Waals surface area (Å²) in [4.78, 5) is 4.03. The molecule has 0 saturated heterocycles. The molecule has 1 atom stereocenters. The Balaban J connectivity index is 2.24. The second-order valence-corrected chi connectivity index (χ2v) is 12.5. The van der Waals surface area contributed by atoms with Crippen molar-refractivity contribution in [3.05, 3.63) is 63.4 Å². The summed E-state index contributed by atoms with van der Waals surface area (Å²) in [6, 6.07) is 7.26. The number of benzene rings is 1. The van der Waals surface area contributed by atoms with Crippen molar-refractivity contribution >= 4 is 31.5 Å². The van der Waals surface area contributed by atoms with E-state index in [-0.39, 0.29) is 6.10 Å². The Morgan fingerprint density at radius 1 is 1.04 bits per heavy atom. The van der Waals surface area contributed by atoms with E-state index in [0.717, 1.165) is 29.8 Å². The standard InChI is InChI=1S/C21H27Cl2F2NOSi/c1-4-28(5-2,6-3)27-19(20-16(22)13-26-14-17(20)23)12-8-10-15-9-7-11-18(24)21(15)25/h7,9,11,13-14,19H,4-6,8,10,12H2,1-3H3. The molecule has 0 bridgehead atoms. The van der Waals surface area contributed by atoms with E-state index in [1.165, 1.54) is 6.07 Å². The normalized spacial score (nSPS) is 13.0. The number of rotatable bonds is 10. The van der Waals surface area contributed by atoms with Gasteiger partial charge < -0.3 is 4.43 Å². The fraction of sp³-hybridized carbons (Fsp3) is 0.476. The van der Waals surface area contributed by atoms with E-state index in [1.807, 2.05) is 0 Å². The Labute approximate surface area is 177 Å². The lowest BCUT2D eigenvalue weighted by molar-refractivity contribution is 0.176. The minimum atomic E-state index is -1.93. The Hall–Kier alpha value is -1.01. The van der Waals surface area contributed by atoms with Gasteiger partial charge in [0, 0.05) is 18.0 Å². The van der Waals surface area contributed by atoms with E-state index in [2.05, 4.69) is 25.8 Å². The molecule has 2 rings (SSSR count). The Kier molecular flexibility index (Phi) is 8.87. The molecule has 0 spiro atoms. The average molecular weight is 446 g/mol. The smallest absolute Gasteiger partial charge is 0.192 e. The Morgan fingerprint density at radius 2 is 1.64 bits per heavy atom. The summed E-state index contributed by atoms with van der Waals surface area (Å²) in [5.41, 5.74) is 1.11. The molecule has 1 unspecified atom stereocenters. The molecule has 154 valence electrons. The van der Waals surface area contributed by atoms with E-state index < -0.39 is 20.0 Å². The molecular weight excluding hydrogens is 419 g/mol. The summed E-state index contributed by atoms with van der Waals surface area (Å²) in [6.45, 7) is 6.48. The van der Waals surface area contributed by atoms with Crippen LogP contribution in [0.15, 0.2) is 30.6 Å². The van der Waals surface area contributed by atoms with Gasteiger partial charge in [0.25, 0.3) is 0 Å². The first-order chi connectivity index (χ1) is 13.4. The molecule has 0 saturated carbocycles. The molecule has 0 aliphatic heterocycles. The molecule has 1 aromatic carbocycles. The first-order valence-electron chi connectivity index (χ1n) is 9.77. The van der Waals surface area contributed by atoms with Gasteiger partial charge in [-0.1, -0.05) is 56.1 Å². The predicted molar refractivity (Wildman–Crippen MR) is 115 cm³/mol. The van der Waals surface area contributed by atoms with Crippen LogP contribution in [0, 0.1) is 11.6 Å². The Bertz CT molecular complexity index is 758. The van der Waals surface area contributed by atoms with Gasteiger partial charge in [0.1, 0.15) is 0 Å². The van der Waals surface area contributed by atoms with Crippen molar-refractivity contribution in [3.8, 4) is 0 Å². The van der Waals surface area contributed by atoms with Gasteiger partial charge in [-0.15, -0.1) is 0 Å². The molecule has 0 aliphatic rings. The lowest BCUT2D eigenvalue weighted by Gasteiger charge is -2.34. The maximum atomic E-state index is 14.0. The topological polar surface area (TPSA) is 22.1 Å². The van der Waals surface area contributed by atoms with Gasteiger partial charge in [0.2, 0.25) is 0 Å². The van der Waals surface area contributed by atoms with Gasteiger partial charge in [-0.3, -0.25) is 4.98 Å². The quantitative estimate of drug-likeness (QED) is 0.348. The van der Waals surface area contributed by atoms with Gasteiger partial charge in [-0.05, 0) is 49.0 Å². The first-order valence-corrected chi connectivity index (χ1v) is 13.1. The summed E-state index contributed by atoms with van der Waals surface area (Å²) in [7, 11) is -1.93. The molecule has 0 aliphatic carbocycles. The number of nitrogens with zero attached hydrogens (tertiary/aromatic N) is 1. The monoisotopic (exact) mass is 445 g/mol. The van der Waals surface area contributed by atoms with Crippen molar-refractivity contribution in [2.75, 3.05) is 0 Å². The molecule has 0 amide bonds. The van der Waals surface area contributed by atoms with Crippen LogP contribution in [0.1, 0.15) is 50.8 Å². The second-order valence-electron chi connectivity index (χ2n) is 6.97. The van der Waals surface area contributed by atoms with Crippen molar-refractivity contribution < 1.29 is 13.2 Å². The second kappa shape index (κ2) is 10.7. The lowest BCUT2D eigenvalue weighted by atomic mass is 10.0. The van der Waals surface area contributed by atoms with Crippen LogP contribution in [-0.2, 0) is 10.8 Å². The van der Waals surface area contributed by atoms with Crippen LogP contribution in [0.3, 0.4) is 0 Å². The molecule has 1 aromatic heterocycles. The molecule has 0 fully saturated rings. The predicted octanol–water partition coefficient (Wildman–Crippen LogP) is 7.75. The summed E-state index contributed by atoms with van der Waals surface area (Å²) in [5.74, 6) is -1.60. The molecular formula is C21H27Cl2F2NOSi. The highest BCUT2D eigenvalue weighted by Gasteiger charge is 2.34. The highest BCUT2D eigenvalue weighted by atomic mass is 35.5. The molecule has 0 radical (unpaired) electrons. The fourth-order valence-corrected chi connectivity index (χ4v) is 6.96. The van der Waals surface area contributed by atoms with E-state index in [0.29, 0.717) is 34.9 Å². The third-order valence-corrected chi connectivity index (χ3v) is 10.7. The number of pyridine rings is 1. The maximum Gasteiger partial charge on any atom is 0.192 e. The number of aryl methyl sites for hydroxylation is 1. The number of aromatic nitrogens is 1. The van der Waals surface area contributed by atoms with Crippen LogP contribution in [0.2, 0.25) is 28.2 Å². The molecule has 7 heteroatoms. The average Bonchev–Trinajstić information content (AvgIpc) is 2.69.